The van der Waals surface area contributed by atoms with Crippen LogP contribution < -0.4 is 13.8 Å². The number of methoxy groups -OCH3 is 2. The number of nitrogens with zero attached hydrogens (tertiary/aromatic N) is 3. The zero-order chi connectivity index (χ0) is 25.6. The summed E-state index contributed by atoms with van der Waals surface area (Å²) in [6.45, 7) is 2.44. The predicted octanol–water partition coefficient (Wildman–Crippen LogP) is 2.34. The van der Waals surface area contributed by atoms with Crippen LogP contribution >= 0.6 is 0 Å². The number of benzene rings is 2. The lowest BCUT2D eigenvalue weighted by atomic mass is 10.3. The Kier molecular flexibility index (Phi) is 8.39. The highest BCUT2D eigenvalue weighted by atomic mass is 32.2. The second kappa shape index (κ2) is 11.3. The average molecular weight is 510 g/mol. The van der Waals surface area contributed by atoms with Gasteiger partial charge in [-0.05, 0) is 43.3 Å². The van der Waals surface area contributed by atoms with Crippen molar-refractivity contribution in [2.45, 2.75) is 11.8 Å². The molecule has 0 saturated carbocycles. The van der Waals surface area contributed by atoms with Crippen LogP contribution in [0.5, 0.6) is 11.5 Å². The molecule has 0 unspecified atom stereocenters. The highest BCUT2D eigenvalue weighted by Crippen LogP contribution is 2.32. The van der Waals surface area contributed by atoms with Crippen LogP contribution in [0.25, 0.3) is 0 Å². The average Bonchev–Trinajstić information content (AvgIpc) is 2.87. The lowest BCUT2D eigenvalue weighted by Crippen LogP contribution is -2.53. The second-order valence-electron chi connectivity index (χ2n) is 7.57. The maximum absolute atomic E-state index is 13.6. The monoisotopic (exact) mass is 509 g/mol. The highest BCUT2D eigenvalue weighted by molar-refractivity contribution is 7.92. The first kappa shape index (κ1) is 26.1. The Morgan fingerprint density at radius 3 is 2.11 bits per heavy atom. The summed E-state index contributed by atoms with van der Waals surface area (Å²) in [7, 11) is -1.44. The minimum Gasteiger partial charge on any atom is -0.493 e. The van der Waals surface area contributed by atoms with Crippen molar-refractivity contribution in [1.29, 1.82) is 0 Å². The molecule has 10 nitrogen and oxygen atoms in total. The van der Waals surface area contributed by atoms with E-state index in [1.165, 1.54) is 54.4 Å². The SMILES string of the molecule is CCOC(=O)N1CCN(C(=O)CN(c2ccc(F)cc2)S(=O)(=O)c2ccc(OC)c(OC)c2)CC1. The Labute approximate surface area is 203 Å². The zero-order valence-electron chi connectivity index (χ0n) is 19.8. The quantitative estimate of drug-likeness (QED) is 0.538. The van der Waals surface area contributed by atoms with E-state index in [9.17, 15) is 22.4 Å². The van der Waals surface area contributed by atoms with E-state index < -0.39 is 34.4 Å². The molecule has 0 N–H and O–H groups in total. The normalized spacial score (nSPS) is 13.8. The number of sulfonamides is 1. The third-order valence-electron chi connectivity index (χ3n) is 5.49. The Bertz CT molecular complexity index is 1150. The van der Waals surface area contributed by atoms with Gasteiger partial charge in [0, 0.05) is 32.2 Å². The number of amides is 2. The van der Waals surface area contributed by atoms with E-state index in [2.05, 4.69) is 0 Å². The third kappa shape index (κ3) is 5.94. The van der Waals surface area contributed by atoms with Gasteiger partial charge in [-0.25, -0.2) is 17.6 Å². The van der Waals surface area contributed by atoms with E-state index >= 15 is 0 Å². The molecule has 2 aromatic carbocycles. The van der Waals surface area contributed by atoms with Crippen LogP contribution in [0.3, 0.4) is 0 Å². The number of piperazine rings is 1. The molecule has 190 valence electrons. The molecule has 3 rings (SSSR count). The summed E-state index contributed by atoms with van der Waals surface area (Å²) in [5.74, 6) is -0.454. The smallest absolute Gasteiger partial charge is 0.409 e. The molecule has 1 aliphatic rings. The summed E-state index contributed by atoms with van der Waals surface area (Å²) in [6.07, 6.45) is -0.455. The summed E-state index contributed by atoms with van der Waals surface area (Å²) in [5, 5.41) is 0. The number of halogens is 1. The van der Waals surface area contributed by atoms with Crippen molar-refractivity contribution in [2.75, 3.05) is 57.9 Å². The van der Waals surface area contributed by atoms with Gasteiger partial charge < -0.3 is 24.0 Å². The van der Waals surface area contributed by atoms with E-state index in [0.717, 1.165) is 16.4 Å². The fourth-order valence-electron chi connectivity index (χ4n) is 3.60. The maximum Gasteiger partial charge on any atom is 0.409 e. The van der Waals surface area contributed by atoms with E-state index in [-0.39, 0.29) is 49.1 Å². The summed E-state index contributed by atoms with van der Waals surface area (Å²) in [6, 6.07) is 8.91. The van der Waals surface area contributed by atoms with Crippen molar-refractivity contribution in [3.63, 3.8) is 0 Å². The first-order valence-corrected chi connectivity index (χ1v) is 12.3. The zero-order valence-corrected chi connectivity index (χ0v) is 20.6. The largest absolute Gasteiger partial charge is 0.493 e. The summed E-state index contributed by atoms with van der Waals surface area (Å²) in [4.78, 5) is 27.9. The van der Waals surface area contributed by atoms with E-state index in [4.69, 9.17) is 14.2 Å². The van der Waals surface area contributed by atoms with E-state index in [0.29, 0.717) is 5.75 Å². The molecule has 0 bridgehead atoms. The predicted molar refractivity (Wildman–Crippen MR) is 126 cm³/mol. The van der Waals surface area contributed by atoms with Crippen molar-refractivity contribution >= 4 is 27.7 Å². The molecule has 1 aliphatic heterocycles. The lowest BCUT2D eigenvalue weighted by molar-refractivity contribution is -0.131. The lowest BCUT2D eigenvalue weighted by Gasteiger charge is -2.35. The fraction of sp³-hybridized carbons (Fsp3) is 0.391. The number of rotatable bonds is 8. The Balaban J connectivity index is 1.87. The van der Waals surface area contributed by atoms with Gasteiger partial charge in [0.05, 0.1) is 31.4 Å². The molecule has 0 radical (unpaired) electrons. The van der Waals surface area contributed by atoms with Gasteiger partial charge in [-0.3, -0.25) is 9.10 Å². The third-order valence-corrected chi connectivity index (χ3v) is 7.26. The number of carbonyl (C=O) groups is 2. The number of hydrogen-bond acceptors (Lipinski definition) is 7. The molecule has 35 heavy (non-hydrogen) atoms. The second-order valence-corrected chi connectivity index (χ2v) is 9.43. The molecule has 1 heterocycles. The Morgan fingerprint density at radius 1 is 0.943 bits per heavy atom. The molecule has 1 saturated heterocycles. The van der Waals surface area contributed by atoms with Crippen LogP contribution in [0, 0.1) is 5.82 Å². The minimum absolute atomic E-state index is 0.125. The van der Waals surface area contributed by atoms with Crippen LogP contribution in [-0.2, 0) is 19.6 Å². The van der Waals surface area contributed by atoms with Crippen LogP contribution in [-0.4, -0.2) is 83.8 Å². The van der Waals surface area contributed by atoms with Gasteiger partial charge in [-0.2, -0.15) is 0 Å². The number of anilines is 1. The molecule has 0 aromatic heterocycles. The van der Waals surface area contributed by atoms with Crippen molar-refractivity contribution in [2.24, 2.45) is 0 Å². The number of hydrogen-bond donors (Lipinski definition) is 0. The molecule has 0 spiro atoms. The van der Waals surface area contributed by atoms with Crippen LogP contribution in [0.1, 0.15) is 6.92 Å². The Hall–Kier alpha value is -3.54. The summed E-state index contributed by atoms with van der Waals surface area (Å²) >= 11 is 0. The first-order valence-electron chi connectivity index (χ1n) is 10.9. The molecule has 2 aromatic rings. The fourth-order valence-corrected chi connectivity index (χ4v) is 5.03. The van der Waals surface area contributed by atoms with E-state index in [1.54, 1.807) is 6.92 Å². The van der Waals surface area contributed by atoms with Crippen molar-refractivity contribution < 1.29 is 36.6 Å². The van der Waals surface area contributed by atoms with Crippen molar-refractivity contribution in [3.8, 4) is 11.5 Å². The topological polar surface area (TPSA) is 106 Å². The Morgan fingerprint density at radius 2 is 1.54 bits per heavy atom. The number of ether oxygens (including phenoxy) is 3. The van der Waals surface area contributed by atoms with Gasteiger partial charge in [0.15, 0.2) is 11.5 Å². The van der Waals surface area contributed by atoms with Crippen LogP contribution in [0.4, 0.5) is 14.9 Å². The van der Waals surface area contributed by atoms with Gasteiger partial charge in [-0.15, -0.1) is 0 Å². The maximum atomic E-state index is 13.6. The van der Waals surface area contributed by atoms with Crippen molar-refractivity contribution in [1.82, 2.24) is 9.80 Å². The van der Waals surface area contributed by atoms with Gasteiger partial charge in [0.1, 0.15) is 12.4 Å². The van der Waals surface area contributed by atoms with Crippen molar-refractivity contribution in [3.05, 3.63) is 48.3 Å². The first-order chi connectivity index (χ1) is 16.7. The summed E-state index contributed by atoms with van der Waals surface area (Å²) < 4.78 is 57.1. The molecular weight excluding hydrogens is 481 g/mol. The minimum atomic E-state index is -4.25. The van der Waals surface area contributed by atoms with Gasteiger partial charge in [-0.1, -0.05) is 0 Å². The van der Waals surface area contributed by atoms with Crippen LogP contribution in [0.15, 0.2) is 47.4 Å². The van der Waals surface area contributed by atoms with Gasteiger partial charge in [0.25, 0.3) is 10.0 Å². The highest BCUT2D eigenvalue weighted by Gasteiger charge is 2.32. The van der Waals surface area contributed by atoms with E-state index in [1.807, 2.05) is 0 Å². The van der Waals surface area contributed by atoms with Gasteiger partial charge >= 0.3 is 6.09 Å². The molecule has 1 fully saturated rings. The summed E-state index contributed by atoms with van der Waals surface area (Å²) in [5.41, 5.74) is 0.125. The molecule has 2 amide bonds. The molecule has 0 atom stereocenters. The molecule has 0 aliphatic carbocycles. The molecular formula is C23H28FN3O7S. The standard InChI is InChI=1S/C23H28FN3O7S/c1-4-34-23(29)26-13-11-25(12-14-26)22(28)16-27(18-7-5-17(24)6-8-18)35(30,31)19-9-10-20(32-2)21(15-19)33-3/h5-10,15H,4,11-14,16H2,1-3H3. The molecule has 12 heteroatoms. The number of carbonyl (C=O) groups excluding carboxylic acids is 2. The van der Waals surface area contributed by atoms with Crippen LogP contribution in [0.2, 0.25) is 0 Å². The van der Waals surface area contributed by atoms with Gasteiger partial charge in [0.2, 0.25) is 5.91 Å².